The Morgan fingerprint density at radius 1 is 1.15 bits per heavy atom. The van der Waals surface area contributed by atoms with E-state index in [4.69, 9.17) is 0 Å². The van der Waals surface area contributed by atoms with Gasteiger partial charge in [-0.3, -0.25) is 9.59 Å². The van der Waals surface area contributed by atoms with E-state index in [-0.39, 0.29) is 23.7 Å². The van der Waals surface area contributed by atoms with Gasteiger partial charge in [0.2, 0.25) is 5.91 Å². The van der Waals surface area contributed by atoms with Gasteiger partial charge in [0.15, 0.2) is 0 Å². The predicted octanol–water partition coefficient (Wildman–Crippen LogP) is 0.378. The lowest BCUT2D eigenvalue weighted by molar-refractivity contribution is -0.124. The first-order chi connectivity index (χ1) is 12.8. The molecule has 0 aromatic heterocycles. The average molecular weight is 376 g/mol. The van der Waals surface area contributed by atoms with Gasteiger partial charge in [0.25, 0.3) is 0 Å². The van der Waals surface area contributed by atoms with Crippen LogP contribution < -0.4 is 10.6 Å². The minimum atomic E-state index is -0.308. The maximum Gasteiger partial charge on any atom is 0.314 e. The standard InChI is InChI=1S/C19H28N4O4/c1-22(2)16(13-15-6-8-17(25)9-7-15)14-21-19(27)20-10-11-23(3)18(26)5-4-12-24/h4-9,12,16,25H,10-11,13-14H2,1-3H3,(H2,20,21,27)/b5-4-. The van der Waals surface area contributed by atoms with E-state index in [1.165, 1.54) is 11.0 Å². The molecule has 148 valence electrons. The van der Waals surface area contributed by atoms with Crippen LogP contribution >= 0.6 is 0 Å². The lowest BCUT2D eigenvalue weighted by atomic mass is 10.1. The molecule has 0 aliphatic carbocycles. The van der Waals surface area contributed by atoms with Crippen LogP contribution in [0.1, 0.15) is 5.56 Å². The third kappa shape index (κ3) is 8.87. The summed E-state index contributed by atoms with van der Waals surface area (Å²) in [7, 11) is 5.48. The fourth-order valence-electron chi connectivity index (χ4n) is 2.31. The zero-order chi connectivity index (χ0) is 20.2. The maximum atomic E-state index is 12.0. The predicted molar refractivity (Wildman–Crippen MR) is 104 cm³/mol. The van der Waals surface area contributed by atoms with E-state index in [2.05, 4.69) is 10.6 Å². The quantitative estimate of drug-likeness (QED) is 0.405. The average Bonchev–Trinajstić information content (AvgIpc) is 2.64. The number of urea groups is 1. The number of amides is 3. The van der Waals surface area contributed by atoms with Gasteiger partial charge in [-0.1, -0.05) is 12.1 Å². The van der Waals surface area contributed by atoms with Gasteiger partial charge >= 0.3 is 6.03 Å². The van der Waals surface area contributed by atoms with Gasteiger partial charge < -0.3 is 25.5 Å². The summed E-state index contributed by atoms with van der Waals surface area (Å²) in [5.74, 6) is -0.0753. The van der Waals surface area contributed by atoms with Crippen LogP contribution in [0.5, 0.6) is 5.75 Å². The Morgan fingerprint density at radius 3 is 2.41 bits per heavy atom. The zero-order valence-electron chi connectivity index (χ0n) is 16.0. The minimum absolute atomic E-state index is 0.0954. The topological polar surface area (TPSA) is 102 Å². The molecule has 1 unspecified atom stereocenters. The lowest BCUT2D eigenvalue weighted by Crippen LogP contribution is -2.46. The fourth-order valence-corrected chi connectivity index (χ4v) is 2.31. The summed E-state index contributed by atoms with van der Waals surface area (Å²) < 4.78 is 0. The van der Waals surface area contributed by atoms with Crippen LogP contribution in [0, 0.1) is 0 Å². The lowest BCUT2D eigenvalue weighted by Gasteiger charge is -2.25. The molecule has 0 saturated carbocycles. The molecule has 8 heteroatoms. The molecule has 0 heterocycles. The number of nitrogens with one attached hydrogen (secondary N) is 2. The Morgan fingerprint density at radius 2 is 1.81 bits per heavy atom. The number of phenols is 1. The molecular weight excluding hydrogens is 348 g/mol. The van der Waals surface area contributed by atoms with Crippen LogP contribution in [0.15, 0.2) is 36.4 Å². The highest BCUT2D eigenvalue weighted by molar-refractivity contribution is 5.90. The van der Waals surface area contributed by atoms with E-state index in [0.717, 1.165) is 18.1 Å². The number of aromatic hydroxyl groups is 1. The number of phenolic OH excluding ortho intramolecular Hbond substituents is 1. The highest BCUT2D eigenvalue weighted by Gasteiger charge is 2.14. The van der Waals surface area contributed by atoms with Crippen LogP contribution in [0.4, 0.5) is 4.79 Å². The van der Waals surface area contributed by atoms with Crippen molar-refractivity contribution >= 4 is 18.2 Å². The number of rotatable bonds is 10. The second-order valence-electron chi connectivity index (χ2n) is 6.38. The van der Waals surface area contributed by atoms with Gasteiger partial charge in [-0.25, -0.2) is 4.79 Å². The first-order valence-corrected chi connectivity index (χ1v) is 8.66. The van der Waals surface area contributed by atoms with Crippen molar-refractivity contribution in [1.82, 2.24) is 20.4 Å². The summed E-state index contributed by atoms with van der Waals surface area (Å²) in [4.78, 5) is 37.2. The Kier molecular flexibility index (Phi) is 9.60. The summed E-state index contributed by atoms with van der Waals surface area (Å²) >= 11 is 0. The van der Waals surface area contributed by atoms with E-state index in [0.29, 0.717) is 25.9 Å². The second kappa shape index (κ2) is 11.7. The molecular formula is C19H28N4O4. The van der Waals surface area contributed by atoms with Crippen LogP contribution in [0.2, 0.25) is 0 Å². The second-order valence-corrected chi connectivity index (χ2v) is 6.38. The van der Waals surface area contributed by atoms with Gasteiger partial charge in [0, 0.05) is 38.8 Å². The first kappa shape index (κ1) is 22.2. The molecule has 8 nitrogen and oxygen atoms in total. The Bertz CT molecular complexity index is 644. The Balaban J connectivity index is 2.37. The van der Waals surface area contributed by atoms with E-state index >= 15 is 0 Å². The molecule has 0 spiro atoms. The molecule has 0 saturated heterocycles. The summed E-state index contributed by atoms with van der Waals surface area (Å²) in [5, 5.41) is 14.9. The Labute approximate surface area is 159 Å². The van der Waals surface area contributed by atoms with Gasteiger partial charge in [0.05, 0.1) is 0 Å². The van der Waals surface area contributed by atoms with Gasteiger partial charge in [-0.05, 0) is 44.3 Å². The number of allylic oxidation sites excluding steroid dienone is 1. The van der Waals surface area contributed by atoms with Gasteiger partial charge in [-0.2, -0.15) is 0 Å². The molecule has 1 atom stereocenters. The monoisotopic (exact) mass is 376 g/mol. The maximum absolute atomic E-state index is 12.0. The van der Waals surface area contributed by atoms with Crippen molar-refractivity contribution in [1.29, 1.82) is 0 Å². The smallest absolute Gasteiger partial charge is 0.314 e. The van der Waals surface area contributed by atoms with Crippen molar-refractivity contribution in [3.63, 3.8) is 0 Å². The van der Waals surface area contributed by atoms with Crippen molar-refractivity contribution in [2.75, 3.05) is 40.8 Å². The number of likely N-dealkylation sites (N-methyl/N-ethyl adjacent to an activating group) is 2. The SMILES string of the molecule is CN(CCNC(=O)NCC(Cc1ccc(O)cc1)N(C)C)C(=O)/C=C\C=O. The number of aldehydes is 1. The van der Waals surface area contributed by atoms with Crippen molar-refractivity contribution < 1.29 is 19.5 Å². The number of nitrogens with zero attached hydrogens (tertiary/aromatic N) is 2. The van der Waals surface area contributed by atoms with E-state index in [1.807, 2.05) is 31.1 Å². The Hall–Kier alpha value is -2.87. The number of carbonyl (C=O) groups excluding carboxylic acids is 3. The van der Waals surface area contributed by atoms with E-state index in [1.54, 1.807) is 19.2 Å². The third-order valence-electron chi connectivity index (χ3n) is 4.06. The van der Waals surface area contributed by atoms with Crippen LogP contribution in [-0.4, -0.2) is 79.9 Å². The molecule has 0 aliphatic heterocycles. The fraction of sp³-hybridized carbons (Fsp3) is 0.421. The normalized spacial score (nSPS) is 12.0. The molecule has 3 amide bonds. The number of hydrogen-bond donors (Lipinski definition) is 3. The first-order valence-electron chi connectivity index (χ1n) is 8.66. The third-order valence-corrected chi connectivity index (χ3v) is 4.06. The molecule has 0 bridgehead atoms. The molecule has 3 N–H and O–H groups in total. The van der Waals surface area contributed by atoms with Gasteiger partial charge in [0.1, 0.15) is 12.0 Å². The van der Waals surface area contributed by atoms with Crippen molar-refractivity contribution in [3.8, 4) is 5.75 Å². The van der Waals surface area contributed by atoms with Crippen LogP contribution in [0.3, 0.4) is 0 Å². The van der Waals surface area contributed by atoms with Gasteiger partial charge in [-0.15, -0.1) is 0 Å². The zero-order valence-corrected chi connectivity index (χ0v) is 16.0. The number of carbonyl (C=O) groups is 3. The summed E-state index contributed by atoms with van der Waals surface area (Å²) in [5.41, 5.74) is 1.07. The molecule has 0 fully saturated rings. The summed E-state index contributed by atoms with van der Waals surface area (Å²) in [6.07, 6.45) is 3.58. The summed E-state index contributed by atoms with van der Waals surface area (Å²) in [6, 6.07) is 6.79. The minimum Gasteiger partial charge on any atom is -0.508 e. The largest absolute Gasteiger partial charge is 0.508 e. The van der Waals surface area contributed by atoms with Crippen LogP contribution in [0.25, 0.3) is 0 Å². The highest BCUT2D eigenvalue weighted by Crippen LogP contribution is 2.12. The highest BCUT2D eigenvalue weighted by atomic mass is 16.3. The molecule has 1 aromatic carbocycles. The van der Waals surface area contributed by atoms with E-state index in [9.17, 15) is 19.5 Å². The molecule has 0 aliphatic rings. The van der Waals surface area contributed by atoms with Crippen molar-refractivity contribution in [3.05, 3.63) is 42.0 Å². The van der Waals surface area contributed by atoms with Crippen LogP contribution in [-0.2, 0) is 16.0 Å². The number of benzene rings is 1. The van der Waals surface area contributed by atoms with Crippen molar-refractivity contribution in [2.45, 2.75) is 12.5 Å². The summed E-state index contributed by atoms with van der Waals surface area (Å²) in [6.45, 7) is 1.09. The molecule has 1 rings (SSSR count). The van der Waals surface area contributed by atoms with E-state index < -0.39 is 0 Å². The van der Waals surface area contributed by atoms with Crippen molar-refractivity contribution in [2.24, 2.45) is 0 Å². The molecule has 0 radical (unpaired) electrons. The molecule has 1 aromatic rings. The number of hydrogen-bond acceptors (Lipinski definition) is 5. The molecule has 27 heavy (non-hydrogen) atoms.